The molecule has 0 saturated heterocycles. The van der Waals surface area contributed by atoms with Gasteiger partial charge in [0.25, 0.3) is 5.91 Å². The van der Waals surface area contributed by atoms with Crippen molar-refractivity contribution >= 4 is 23.2 Å². The lowest BCUT2D eigenvalue weighted by Gasteiger charge is -2.09. The average molecular weight is 382 g/mol. The van der Waals surface area contributed by atoms with Gasteiger partial charge >= 0.3 is 0 Å². The number of ether oxygens (including phenoxy) is 2. The number of hydrogen-bond acceptors (Lipinski definition) is 3. The van der Waals surface area contributed by atoms with Crippen molar-refractivity contribution in [3.63, 3.8) is 0 Å². The molecule has 1 N–H and O–H groups in total. The molecule has 27 heavy (non-hydrogen) atoms. The van der Waals surface area contributed by atoms with Crippen molar-refractivity contribution in [1.29, 1.82) is 0 Å². The Hall–Kier alpha value is -2.98. The standard InChI is InChI=1S/C22H20ClNO3/c1-26-21-12-9-18(15-20(21)23)24-22(25)17-7-10-19(11-8-17)27-14-13-16-5-3-2-4-6-16/h2-12,15H,13-14H2,1H3,(H,24,25). The molecule has 3 aromatic carbocycles. The van der Waals surface area contributed by atoms with Gasteiger partial charge in [-0.1, -0.05) is 41.9 Å². The Morgan fingerprint density at radius 3 is 2.41 bits per heavy atom. The Labute approximate surface area is 163 Å². The molecule has 4 nitrogen and oxygen atoms in total. The molecule has 3 rings (SSSR count). The maximum atomic E-state index is 12.4. The number of carbonyl (C=O) groups excluding carboxylic acids is 1. The van der Waals surface area contributed by atoms with Crippen molar-refractivity contribution in [1.82, 2.24) is 0 Å². The summed E-state index contributed by atoms with van der Waals surface area (Å²) in [6, 6.07) is 22.3. The summed E-state index contributed by atoms with van der Waals surface area (Å²) in [5.74, 6) is 1.08. The molecule has 0 atom stereocenters. The van der Waals surface area contributed by atoms with Gasteiger partial charge in [-0.05, 0) is 48.0 Å². The highest BCUT2D eigenvalue weighted by Crippen LogP contribution is 2.27. The number of amides is 1. The first-order chi connectivity index (χ1) is 13.2. The lowest BCUT2D eigenvalue weighted by atomic mass is 10.2. The second kappa shape index (κ2) is 9.10. The smallest absolute Gasteiger partial charge is 0.255 e. The highest BCUT2D eigenvalue weighted by atomic mass is 35.5. The van der Waals surface area contributed by atoms with E-state index in [0.717, 1.165) is 12.2 Å². The summed E-state index contributed by atoms with van der Waals surface area (Å²) in [6.45, 7) is 0.583. The van der Waals surface area contributed by atoms with Crippen LogP contribution in [0.15, 0.2) is 72.8 Å². The summed E-state index contributed by atoms with van der Waals surface area (Å²) in [5, 5.41) is 3.26. The van der Waals surface area contributed by atoms with E-state index < -0.39 is 0 Å². The summed E-state index contributed by atoms with van der Waals surface area (Å²) < 4.78 is 10.8. The Bertz CT molecular complexity index is 895. The Morgan fingerprint density at radius 1 is 1.00 bits per heavy atom. The maximum absolute atomic E-state index is 12.4. The summed E-state index contributed by atoms with van der Waals surface area (Å²) >= 11 is 6.08. The Kier molecular flexibility index (Phi) is 6.34. The first kappa shape index (κ1) is 18.8. The van der Waals surface area contributed by atoms with Crippen molar-refractivity contribution in [2.45, 2.75) is 6.42 Å². The molecule has 0 aliphatic heterocycles. The topological polar surface area (TPSA) is 47.6 Å². The molecular formula is C22H20ClNO3. The minimum atomic E-state index is -0.216. The van der Waals surface area contributed by atoms with E-state index in [-0.39, 0.29) is 5.91 Å². The van der Waals surface area contributed by atoms with Gasteiger partial charge in [-0.3, -0.25) is 4.79 Å². The van der Waals surface area contributed by atoms with E-state index in [1.807, 2.05) is 18.2 Å². The zero-order chi connectivity index (χ0) is 19.1. The largest absolute Gasteiger partial charge is 0.495 e. The third kappa shape index (κ3) is 5.25. The fraction of sp³-hybridized carbons (Fsp3) is 0.136. The normalized spacial score (nSPS) is 10.3. The van der Waals surface area contributed by atoms with Crippen LogP contribution in [0.5, 0.6) is 11.5 Å². The number of benzene rings is 3. The van der Waals surface area contributed by atoms with E-state index in [9.17, 15) is 4.79 Å². The molecule has 3 aromatic rings. The zero-order valence-corrected chi connectivity index (χ0v) is 15.7. The van der Waals surface area contributed by atoms with E-state index in [1.165, 1.54) is 5.56 Å². The number of hydrogen-bond donors (Lipinski definition) is 1. The number of halogens is 1. The van der Waals surface area contributed by atoms with Crippen LogP contribution in [-0.2, 0) is 6.42 Å². The third-order valence-electron chi connectivity index (χ3n) is 4.03. The van der Waals surface area contributed by atoms with Crippen LogP contribution >= 0.6 is 11.6 Å². The molecule has 0 bridgehead atoms. The summed E-state index contributed by atoms with van der Waals surface area (Å²) in [4.78, 5) is 12.4. The third-order valence-corrected chi connectivity index (χ3v) is 4.32. The predicted octanol–water partition coefficient (Wildman–Crippen LogP) is 5.22. The van der Waals surface area contributed by atoms with Gasteiger partial charge in [0.05, 0.1) is 18.7 Å². The lowest BCUT2D eigenvalue weighted by molar-refractivity contribution is 0.102. The monoisotopic (exact) mass is 381 g/mol. The van der Waals surface area contributed by atoms with Gasteiger partial charge in [0.15, 0.2) is 0 Å². The minimum absolute atomic E-state index is 0.216. The first-order valence-electron chi connectivity index (χ1n) is 8.57. The maximum Gasteiger partial charge on any atom is 0.255 e. The molecular weight excluding hydrogens is 362 g/mol. The molecule has 0 saturated carbocycles. The van der Waals surface area contributed by atoms with E-state index in [2.05, 4.69) is 17.4 Å². The van der Waals surface area contributed by atoms with Crippen LogP contribution in [0.1, 0.15) is 15.9 Å². The summed E-state index contributed by atoms with van der Waals surface area (Å²) in [7, 11) is 1.54. The predicted molar refractivity (Wildman–Crippen MR) is 108 cm³/mol. The molecule has 0 radical (unpaired) electrons. The zero-order valence-electron chi connectivity index (χ0n) is 14.9. The number of carbonyl (C=O) groups is 1. The van der Waals surface area contributed by atoms with Crippen LogP contribution in [0.3, 0.4) is 0 Å². The van der Waals surface area contributed by atoms with Crippen molar-refractivity contribution < 1.29 is 14.3 Å². The molecule has 1 amide bonds. The molecule has 0 spiro atoms. The van der Waals surface area contributed by atoms with E-state index in [4.69, 9.17) is 21.1 Å². The Morgan fingerprint density at radius 2 is 1.74 bits per heavy atom. The number of anilines is 1. The first-order valence-corrected chi connectivity index (χ1v) is 8.95. The molecule has 0 fully saturated rings. The lowest BCUT2D eigenvalue weighted by Crippen LogP contribution is -2.11. The fourth-order valence-corrected chi connectivity index (χ4v) is 2.84. The number of methoxy groups -OCH3 is 1. The van der Waals surface area contributed by atoms with Crippen molar-refractivity contribution in [3.8, 4) is 11.5 Å². The Balaban J connectivity index is 1.54. The fourth-order valence-electron chi connectivity index (χ4n) is 2.58. The van der Waals surface area contributed by atoms with Gasteiger partial charge in [-0.25, -0.2) is 0 Å². The van der Waals surface area contributed by atoms with Crippen LogP contribution in [0, 0.1) is 0 Å². The molecule has 0 aromatic heterocycles. The molecule has 0 heterocycles. The van der Waals surface area contributed by atoms with Gasteiger partial charge in [0.2, 0.25) is 0 Å². The highest BCUT2D eigenvalue weighted by Gasteiger charge is 2.08. The quantitative estimate of drug-likeness (QED) is 0.610. The van der Waals surface area contributed by atoms with Crippen LogP contribution in [-0.4, -0.2) is 19.6 Å². The van der Waals surface area contributed by atoms with Crippen molar-refractivity contribution in [3.05, 3.63) is 88.9 Å². The second-order valence-electron chi connectivity index (χ2n) is 5.91. The average Bonchev–Trinajstić information content (AvgIpc) is 2.69. The molecule has 0 aliphatic carbocycles. The van der Waals surface area contributed by atoms with Crippen LogP contribution in [0.2, 0.25) is 5.02 Å². The van der Waals surface area contributed by atoms with Crippen LogP contribution in [0.25, 0.3) is 0 Å². The van der Waals surface area contributed by atoms with Crippen molar-refractivity contribution in [2.24, 2.45) is 0 Å². The van der Waals surface area contributed by atoms with Gasteiger partial charge < -0.3 is 14.8 Å². The van der Waals surface area contributed by atoms with Gasteiger partial charge in [0.1, 0.15) is 11.5 Å². The van der Waals surface area contributed by atoms with E-state index in [1.54, 1.807) is 49.6 Å². The number of rotatable bonds is 7. The molecule has 0 unspecified atom stereocenters. The molecule has 0 aliphatic rings. The molecule has 5 heteroatoms. The second-order valence-corrected chi connectivity index (χ2v) is 6.32. The summed E-state index contributed by atoms with van der Waals surface area (Å²) in [6.07, 6.45) is 0.835. The van der Waals surface area contributed by atoms with Crippen LogP contribution in [0.4, 0.5) is 5.69 Å². The van der Waals surface area contributed by atoms with Gasteiger partial charge in [0, 0.05) is 17.7 Å². The van der Waals surface area contributed by atoms with Gasteiger partial charge in [-0.2, -0.15) is 0 Å². The molecule has 138 valence electrons. The summed E-state index contributed by atoms with van der Waals surface area (Å²) in [5.41, 5.74) is 2.37. The van der Waals surface area contributed by atoms with Crippen LogP contribution < -0.4 is 14.8 Å². The van der Waals surface area contributed by atoms with E-state index >= 15 is 0 Å². The van der Waals surface area contributed by atoms with Gasteiger partial charge in [-0.15, -0.1) is 0 Å². The number of nitrogens with one attached hydrogen (secondary N) is 1. The minimum Gasteiger partial charge on any atom is -0.495 e. The highest BCUT2D eigenvalue weighted by molar-refractivity contribution is 6.32. The van der Waals surface area contributed by atoms with E-state index in [0.29, 0.717) is 28.6 Å². The SMILES string of the molecule is COc1ccc(NC(=O)c2ccc(OCCc3ccccc3)cc2)cc1Cl. The van der Waals surface area contributed by atoms with Crippen molar-refractivity contribution in [2.75, 3.05) is 19.0 Å².